The largest absolute Gasteiger partial charge is 0.495 e. The highest BCUT2D eigenvalue weighted by Gasteiger charge is 2.27. The maximum Gasteiger partial charge on any atom is 0.227 e. The second kappa shape index (κ2) is 8.14. The molecule has 1 aromatic heterocycles. The second-order valence-corrected chi connectivity index (χ2v) is 7.37. The Labute approximate surface area is 165 Å². The highest BCUT2D eigenvalue weighted by atomic mass is 16.5. The van der Waals surface area contributed by atoms with Gasteiger partial charge in [0.25, 0.3) is 0 Å². The molecule has 1 atom stereocenters. The first-order valence-corrected chi connectivity index (χ1v) is 9.77. The van der Waals surface area contributed by atoms with Crippen LogP contribution >= 0.6 is 0 Å². The number of carbonyl (C=O) groups is 1. The smallest absolute Gasteiger partial charge is 0.227 e. The fraction of sp³-hybridized carbons (Fsp3) is 0.476. The van der Waals surface area contributed by atoms with Crippen LogP contribution in [0.15, 0.2) is 24.4 Å². The first kappa shape index (κ1) is 18.7. The van der Waals surface area contributed by atoms with Crippen molar-refractivity contribution < 1.29 is 14.3 Å². The third-order valence-electron chi connectivity index (χ3n) is 5.41. The van der Waals surface area contributed by atoms with Crippen LogP contribution in [-0.4, -0.2) is 49.3 Å². The van der Waals surface area contributed by atoms with Gasteiger partial charge in [0, 0.05) is 30.9 Å². The van der Waals surface area contributed by atoms with Gasteiger partial charge >= 0.3 is 0 Å². The lowest BCUT2D eigenvalue weighted by atomic mass is 9.86. The molecule has 0 unspecified atom stereocenters. The molecule has 1 saturated heterocycles. The molecule has 1 aliphatic heterocycles. The van der Waals surface area contributed by atoms with E-state index in [1.807, 2.05) is 31.3 Å². The van der Waals surface area contributed by atoms with Crippen LogP contribution in [0.5, 0.6) is 5.75 Å². The van der Waals surface area contributed by atoms with Gasteiger partial charge in [0.15, 0.2) is 0 Å². The number of ether oxygens (including phenoxy) is 2. The molecular weight excluding hydrogens is 356 g/mol. The van der Waals surface area contributed by atoms with Gasteiger partial charge in [-0.1, -0.05) is 6.07 Å². The molecule has 0 spiro atoms. The molecule has 28 heavy (non-hydrogen) atoms. The van der Waals surface area contributed by atoms with Crippen LogP contribution in [0, 0.1) is 12.8 Å². The normalized spacial score (nSPS) is 19.1. The number of fused-ring (bicyclic) bond motifs is 1. The Kier molecular flexibility index (Phi) is 5.43. The summed E-state index contributed by atoms with van der Waals surface area (Å²) in [5.74, 6) is 1.38. The van der Waals surface area contributed by atoms with Crippen LogP contribution in [0.1, 0.15) is 23.2 Å². The van der Waals surface area contributed by atoms with Crippen LogP contribution in [0.2, 0.25) is 0 Å². The molecule has 4 rings (SSSR count). The number of aryl methyl sites for hydroxylation is 2. The number of hydrogen-bond acceptors (Lipinski definition) is 6. The number of carbonyl (C=O) groups excluding carboxylic acids is 1. The van der Waals surface area contributed by atoms with Crippen molar-refractivity contribution in [2.24, 2.45) is 5.92 Å². The molecule has 7 nitrogen and oxygen atoms in total. The zero-order valence-electron chi connectivity index (χ0n) is 16.4. The van der Waals surface area contributed by atoms with E-state index in [9.17, 15) is 4.79 Å². The maximum atomic E-state index is 12.8. The van der Waals surface area contributed by atoms with Gasteiger partial charge in [-0.15, -0.1) is 0 Å². The van der Waals surface area contributed by atoms with E-state index in [1.54, 1.807) is 7.11 Å². The number of morpholine rings is 1. The summed E-state index contributed by atoms with van der Waals surface area (Å²) in [7, 11) is 1.61. The molecule has 1 amide bonds. The van der Waals surface area contributed by atoms with Crippen molar-refractivity contribution in [1.29, 1.82) is 0 Å². The van der Waals surface area contributed by atoms with E-state index >= 15 is 0 Å². The van der Waals surface area contributed by atoms with Gasteiger partial charge in [-0.25, -0.2) is 9.97 Å². The standard InChI is InChI=1S/C21H26N4O3/c1-14-3-6-19(27-2)18(11-14)23-20(26)15-4-5-17-16(12-15)13-22-21(24-17)25-7-9-28-10-8-25/h3,6,11,13,15H,4-5,7-10,12H2,1-2H3,(H,23,26)/t15-/m1/s1. The quantitative estimate of drug-likeness (QED) is 0.875. The molecule has 1 aliphatic carbocycles. The van der Waals surface area contributed by atoms with Crippen LogP contribution < -0.4 is 15.0 Å². The van der Waals surface area contributed by atoms with Crippen LogP contribution in [0.25, 0.3) is 0 Å². The van der Waals surface area contributed by atoms with Crippen molar-refractivity contribution in [3.05, 3.63) is 41.2 Å². The number of anilines is 2. The molecule has 2 aliphatic rings. The van der Waals surface area contributed by atoms with E-state index < -0.39 is 0 Å². The Bertz CT molecular complexity index is 865. The number of methoxy groups -OCH3 is 1. The fourth-order valence-corrected chi connectivity index (χ4v) is 3.79. The van der Waals surface area contributed by atoms with Gasteiger partial charge in [-0.2, -0.15) is 0 Å². The monoisotopic (exact) mass is 382 g/mol. The van der Waals surface area contributed by atoms with Gasteiger partial charge in [0.05, 0.1) is 26.0 Å². The molecule has 1 aromatic carbocycles. The number of aromatic nitrogens is 2. The summed E-state index contributed by atoms with van der Waals surface area (Å²) in [5.41, 5.74) is 3.93. The molecule has 1 fully saturated rings. The Morgan fingerprint density at radius 1 is 1.32 bits per heavy atom. The third kappa shape index (κ3) is 3.94. The zero-order valence-corrected chi connectivity index (χ0v) is 16.4. The molecule has 7 heteroatoms. The highest BCUT2D eigenvalue weighted by Crippen LogP contribution is 2.29. The van der Waals surface area contributed by atoms with Gasteiger partial charge in [-0.05, 0) is 49.4 Å². The van der Waals surface area contributed by atoms with E-state index in [4.69, 9.17) is 14.5 Å². The molecule has 2 heterocycles. The molecule has 148 valence electrons. The Morgan fingerprint density at radius 3 is 2.93 bits per heavy atom. The molecular formula is C21H26N4O3. The van der Waals surface area contributed by atoms with Crippen molar-refractivity contribution in [2.45, 2.75) is 26.2 Å². The lowest BCUT2D eigenvalue weighted by molar-refractivity contribution is -0.120. The fourth-order valence-electron chi connectivity index (χ4n) is 3.79. The van der Waals surface area contributed by atoms with Crippen molar-refractivity contribution >= 4 is 17.5 Å². The van der Waals surface area contributed by atoms with Crippen molar-refractivity contribution in [1.82, 2.24) is 9.97 Å². The van der Waals surface area contributed by atoms with Gasteiger partial charge in [-0.3, -0.25) is 4.79 Å². The lowest BCUT2D eigenvalue weighted by Crippen LogP contribution is -2.38. The van der Waals surface area contributed by atoms with Crippen molar-refractivity contribution in [3.8, 4) is 5.75 Å². The first-order chi connectivity index (χ1) is 13.6. The highest BCUT2D eigenvalue weighted by molar-refractivity contribution is 5.94. The Hall–Kier alpha value is -2.67. The number of benzene rings is 1. The number of nitrogens with zero attached hydrogens (tertiary/aromatic N) is 3. The average molecular weight is 382 g/mol. The van der Waals surface area contributed by atoms with Crippen molar-refractivity contribution in [2.75, 3.05) is 43.6 Å². The molecule has 1 N–H and O–H groups in total. The van der Waals surface area contributed by atoms with Crippen LogP contribution in [0.3, 0.4) is 0 Å². The topological polar surface area (TPSA) is 76.6 Å². The van der Waals surface area contributed by atoms with Gasteiger partial charge in [0.2, 0.25) is 11.9 Å². The predicted molar refractivity (Wildman–Crippen MR) is 107 cm³/mol. The maximum absolute atomic E-state index is 12.8. The number of amides is 1. The molecule has 0 bridgehead atoms. The second-order valence-electron chi connectivity index (χ2n) is 7.37. The summed E-state index contributed by atoms with van der Waals surface area (Å²) >= 11 is 0. The summed E-state index contributed by atoms with van der Waals surface area (Å²) in [4.78, 5) is 24.3. The lowest BCUT2D eigenvalue weighted by Gasteiger charge is -2.29. The van der Waals surface area contributed by atoms with Crippen molar-refractivity contribution in [3.63, 3.8) is 0 Å². The number of nitrogens with one attached hydrogen (secondary N) is 1. The molecule has 0 saturated carbocycles. The molecule has 0 radical (unpaired) electrons. The summed E-state index contributed by atoms with van der Waals surface area (Å²) in [6, 6.07) is 5.78. The van der Waals surface area contributed by atoms with Crippen LogP contribution in [-0.2, 0) is 22.4 Å². The summed E-state index contributed by atoms with van der Waals surface area (Å²) < 4.78 is 10.8. The Balaban J connectivity index is 1.45. The third-order valence-corrected chi connectivity index (χ3v) is 5.41. The minimum absolute atomic E-state index is 0.0202. The van der Waals surface area contributed by atoms with E-state index in [2.05, 4.69) is 15.2 Å². The average Bonchev–Trinajstić information content (AvgIpc) is 2.74. The summed E-state index contributed by atoms with van der Waals surface area (Å²) in [6.07, 6.45) is 4.13. The van der Waals surface area contributed by atoms with E-state index in [1.165, 1.54) is 0 Å². The first-order valence-electron chi connectivity index (χ1n) is 9.77. The minimum atomic E-state index is -0.0874. The van der Waals surface area contributed by atoms with Gasteiger partial charge < -0.3 is 19.7 Å². The Morgan fingerprint density at radius 2 is 2.14 bits per heavy atom. The summed E-state index contributed by atoms with van der Waals surface area (Å²) in [6.45, 7) is 5.07. The zero-order chi connectivity index (χ0) is 19.5. The van der Waals surface area contributed by atoms with E-state index in [0.29, 0.717) is 25.4 Å². The predicted octanol–water partition coefficient (Wildman–Crippen LogP) is 2.37. The van der Waals surface area contributed by atoms with Crippen LogP contribution in [0.4, 0.5) is 11.6 Å². The van der Waals surface area contributed by atoms with Gasteiger partial charge in [0.1, 0.15) is 5.75 Å². The summed E-state index contributed by atoms with van der Waals surface area (Å²) in [5, 5.41) is 3.04. The number of hydrogen-bond donors (Lipinski definition) is 1. The number of rotatable bonds is 4. The molecule has 2 aromatic rings. The SMILES string of the molecule is COc1ccc(C)cc1NC(=O)[C@@H]1CCc2nc(N3CCOCC3)ncc2C1. The minimum Gasteiger partial charge on any atom is -0.495 e. The van der Waals surface area contributed by atoms with E-state index in [-0.39, 0.29) is 11.8 Å². The van der Waals surface area contributed by atoms with E-state index in [0.717, 1.165) is 54.4 Å².